The van der Waals surface area contributed by atoms with Crippen molar-refractivity contribution in [2.45, 2.75) is 0 Å². The molecule has 0 unspecified atom stereocenters. The predicted molar refractivity (Wildman–Crippen MR) is 113 cm³/mol. The van der Waals surface area contributed by atoms with Crippen LogP contribution in [0.2, 0.25) is 0 Å². The van der Waals surface area contributed by atoms with Crippen molar-refractivity contribution in [3.05, 3.63) is 52.3 Å². The van der Waals surface area contributed by atoms with E-state index in [0.29, 0.717) is 61.1 Å². The topological polar surface area (TPSA) is 71.1 Å². The van der Waals surface area contributed by atoms with Crippen molar-refractivity contribution in [2.24, 2.45) is 0 Å². The predicted octanol–water partition coefficient (Wildman–Crippen LogP) is 2.76. The molecular formula is C21H21BrFN3O4. The van der Waals surface area contributed by atoms with E-state index in [4.69, 9.17) is 9.47 Å². The number of fused-ring (bicyclic) bond motifs is 1. The molecule has 9 heteroatoms. The number of piperazine rings is 1. The number of anilines is 1. The van der Waals surface area contributed by atoms with Gasteiger partial charge in [0.05, 0.1) is 17.8 Å². The number of carbonyl (C=O) groups excluding carboxylic acids is 2. The minimum atomic E-state index is -0.519. The molecule has 2 aliphatic heterocycles. The fourth-order valence-corrected chi connectivity index (χ4v) is 3.89. The van der Waals surface area contributed by atoms with Crippen LogP contribution in [0, 0.1) is 5.82 Å². The Morgan fingerprint density at radius 2 is 1.70 bits per heavy atom. The zero-order chi connectivity index (χ0) is 21.1. The van der Waals surface area contributed by atoms with Gasteiger partial charge >= 0.3 is 0 Å². The summed E-state index contributed by atoms with van der Waals surface area (Å²) in [7, 11) is 0. The van der Waals surface area contributed by atoms with Crippen molar-refractivity contribution in [3.63, 3.8) is 0 Å². The molecule has 0 aromatic heterocycles. The van der Waals surface area contributed by atoms with Crippen molar-refractivity contribution in [3.8, 4) is 11.5 Å². The molecule has 30 heavy (non-hydrogen) atoms. The van der Waals surface area contributed by atoms with Gasteiger partial charge in [-0.2, -0.15) is 0 Å². The lowest BCUT2D eigenvalue weighted by molar-refractivity contribution is -0.117. The number of hydrogen-bond donors (Lipinski definition) is 1. The van der Waals surface area contributed by atoms with Crippen LogP contribution in [0.3, 0.4) is 0 Å². The summed E-state index contributed by atoms with van der Waals surface area (Å²) in [5.41, 5.74) is 0.685. The molecule has 2 aromatic carbocycles. The maximum absolute atomic E-state index is 13.9. The van der Waals surface area contributed by atoms with Gasteiger partial charge in [-0.1, -0.05) is 12.1 Å². The van der Waals surface area contributed by atoms with E-state index in [1.807, 2.05) is 4.90 Å². The molecule has 2 heterocycles. The highest BCUT2D eigenvalue weighted by Gasteiger charge is 2.25. The highest BCUT2D eigenvalue weighted by Crippen LogP contribution is 2.38. The molecule has 1 N–H and O–H groups in total. The van der Waals surface area contributed by atoms with Crippen molar-refractivity contribution in [1.82, 2.24) is 9.80 Å². The lowest BCUT2D eigenvalue weighted by atomic mass is 10.1. The molecule has 0 atom stereocenters. The number of halogens is 2. The molecule has 0 spiro atoms. The van der Waals surface area contributed by atoms with Crippen molar-refractivity contribution >= 4 is 33.4 Å². The van der Waals surface area contributed by atoms with Crippen LogP contribution in [0.25, 0.3) is 0 Å². The second kappa shape index (κ2) is 9.01. The normalized spacial score (nSPS) is 16.3. The number of ether oxygens (including phenoxy) is 2. The Balaban J connectivity index is 1.31. The van der Waals surface area contributed by atoms with Gasteiger partial charge in [0.1, 0.15) is 19.0 Å². The molecular weight excluding hydrogens is 457 g/mol. The highest BCUT2D eigenvalue weighted by molar-refractivity contribution is 9.10. The third-order valence-corrected chi connectivity index (χ3v) is 5.69. The highest BCUT2D eigenvalue weighted by atomic mass is 79.9. The van der Waals surface area contributed by atoms with Crippen LogP contribution in [0.1, 0.15) is 10.4 Å². The summed E-state index contributed by atoms with van der Waals surface area (Å²) in [5, 5.41) is 2.88. The minimum Gasteiger partial charge on any atom is -0.486 e. The monoisotopic (exact) mass is 477 g/mol. The van der Waals surface area contributed by atoms with Crippen LogP contribution >= 0.6 is 15.9 Å². The quantitative estimate of drug-likeness (QED) is 0.732. The number of amides is 2. The van der Waals surface area contributed by atoms with E-state index in [9.17, 15) is 14.0 Å². The van der Waals surface area contributed by atoms with Crippen LogP contribution in [0.15, 0.2) is 40.9 Å². The van der Waals surface area contributed by atoms with E-state index < -0.39 is 5.82 Å². The first-order chi connectivity index (χ1) is 14.5. The molecule has 0 aliphatic carbocycles. The molecule has 2 aliphatic rings. The van der Waals surface area contributed by atoms with Crippen molar-refractivity contribution in [2.75, 3.05) is 51.3 Å². The summed E-state index contributed by atoms with van der Waals surface area (Å²) < 4.78 is 25.6. The molecule has 4 rings (SSSR count). The Morgan fingerprint density at radius 3 is 2.40 bits per heavy atom. The van der Waals surface area contributed by atoms with Gasteiger partial charge in [0, 0.05) is 42.8 Å². The number of benzene rings is 2. The van der Waals surface area contributed by atoms with E-state index in [-0.39, 0.29) is 23.9 Å². The van der Waals surface area contributed by atoms with E-state index in [1.54, 1.807) is 29.2 Å². The zero-order valence-corrected chi connectivity index (χ0v) is 17.8. The fraction of sp³-hybridized carbons (Fsp3) is 0.333. The van der Waals surface area contributed by atoms with Gasteiger partial charge < -0.3 is 19.7 Å². The summed E-state index contributed by atoms with van der Waals surface area (Å²) >= 11 is 3.44. The van der Waals surface area contributed by atoms with E-state index in [0.717, 1.165) is 0 Å². The van der Waals surface area contributed by atoms with Crippen LogP contribution in [0.4, 0.5) is 10.1 Å². The number of nitrogens with zero attached hydrogens (tertiary/aromatic N) is 2. The molecule has 0 saturated carbocycles. The Hall–Kier alpha value is -2.65. The SMILES string of the molecule is O=C(CN1CCN(C(=O)c2ccccc2F)CC1)Nc1cc2c(cc1Br)OCCO2. The Labute approximate surface area is 181 Å². The standard InChI is InChI=1S/C21H21BrFN3O4/c22-15-11-18-19(30-10-9-29-18)12-17(15)24-20(27)13-25-5-7-26(8-6-25)21(28)14-3-1-2-4-16(14)23/h1-4,11-12H,5-10,13H2,(H,24,27). The van der Waals surface area contributed by atoms with E-state index in [1.165, 1.54) is 12.1 Å². The van der Waals surface area contributed by atoms with Gasteiger partial charge in [0.25, 0.3) is 5.91 Å². The molecule has 2 amide bonds. The van der Waals surface area contributed by atoms with Crippen molar-refractivity contribution < 1.29 is 23.5 Å². The summed E-state index contributed by atoms with van der Waals surface area (Å²) in [4.78, 5) is 28.6. The molecule has 1 fully saturated rings. The lowest BCUT2D eigenvalue weighted by Gasteiger charge is -2.34. The summed E-state index contributed by atoms with van der Waals surface area (Å²) in [5.74, 6) is 0.231. The first-order valence-corrected chi connectivity index (χ1v) is 10.5. The van der Waals surface area contributed by atoms with Crippen LogP contribution < -0.4 is 14.8 Å². The molecule has 1 saturated heterocycles. The number of nitrogens with one attached hydrogen (secondary N) is 1. The number of hydrogen-bond acceptors (Lipinski definition) is 5. The number of rotatable bonds is 4. The maximum atomic E-state index is 13.9. The third kappa shape index (κ3) is 4.57. The molecule has 158 valence electrons. The van der Waals surface area contributed by atoms with Gasteiger partial charge in [0.15, 0.2) is 11.5 Å². The second-order valence-electron chi connectivity index (χ2n) is 7.07. The van der Waals surface area contributed by atoms with Crippen LogP contribution in [-0.2, 0) is 4.79 Å². The van der Waals surface area contributed by atoms with Crippen LogP contribution in [-0.4, -0.2) is 67.6 Å². The smallest absolute Gasteiger partial charge is 0.256 e. The van der Waals surface area contributed by atoms with Gasteiger partial charge in [-0.3, -0.25) is 14.5 Å². The fourth-order valence-electron chi connectivity index (χ4n) is 3.47. The molecule has 0 bridgehead atoms. The van der Waals surface area contributed by atoms with Gasteiger partial charge in [-0.25, -0.2) is 4.39 Å². The molecule has 7 nitrogen and oxygen atoms in total. The van der Waals surface area contributed by atoms with Gasteiger partial charge in [-0.15, -0.1) is 0 Å². The minimum absolute atomic E-state index is 0.0761. The largest absolute Gasteiger partial charge is 0.486 e. The zero-order valence-electron chi connectivity index (χ0n) is 16.2. The molecule has 0 radical (unpaired) electrons. The second-order valence-corrected chi connectivity index (χ2v) is 7.93. The first kappa shape index (κ1) is 20.6. The Morgan fingerprint density at radius 1 is 1.03 bits per heavy atom. The summed E-state index contributed by atoms with van der Waals surface area (Å²) in [6.45, 7) is 3.12. The van der Waals surface area contributed by atoms with Gasteiger partial charge in [-0.05, 0) is 28.1 Å². The Kier molecular flexibility index (Phi) is 6.19. The summed E-state index contributed by atoms with van der Waals surface area (Å²) in [6.07, 6.45) is 0. The first-order valence-electron chi connectivity index (χ1n) is 9.66. The third-order valence-electron chi connectivity index (χ3n) is 5.04. The molecule has 2 aromatic rings. The van der Waals surface area contributed by atoms with E-state index >= 15 is 0 Å². The van der Waals surface area contributed by atoms with Gasteiger partial charge in [0.2, 0.25) is 5.91 Å². The lowest BCUT2D eigenvalue weighted by Crippen LogP contribution is -2.50. The van der Waals surface area contributed by atoms with Crippen molar-refractivity contribution in [1.29, 1.82) is 0 Å². The van der Waals surface area contributed by atoms with E-state index in [2.05, 4.69) is 21.2 Å². The Bertz CT molecular complexity index is 963. The number of carbonyl (C=O) groups is 2. The summed E-state index contributed by atoms with van der Waals surface area (Å²) in [6, 6.07) is 9.49. The van der Waals surface area contributed by atoms with Crippen LogP contribution in [0.5, 0.6) is 11.5 Å². The average molecular weight is 478 g/mol. The average Bonchev–Trinajstić information content (AvgIpc) is 2.74. The maximum Gasteiger partial charge on any atom is 0.256 e.